The average Bonchev–Trinajstić information content (AvgIpc) is 2.73. The van der Waals surface area contributed by atoms with E-state index in [1.165, 1.54) is 0 Å². The van der Waals surface area contributed by atoms with Crippen LogP contribution in [0.5, 0.6) is 0 Å². The predicted octanol–water partition coefficient (Wildman–Crippen LogP) is 1.47. The first-order chi connectivity index (χ1) is 8.57. The lowest BCUT2D eigenvalue weighted by Crippen LogP contribution is -2.27. The van der Waals surface area contributed by atoms with Crippen molar-refractivity contribution in [1.29, 1.82) is 0 Å². The van der Waals surface area contributed by atoms with Gasteiger partial charge in [0.2, 0.25) is 0 Å². The molecule has 1 saturated heterocycles. The van der Waals surface area contributed by atoms with Crippen LogP contribution in [0.1, 0.15) is 56.1 Å². The number of sulfone groups is 1. The molecule has 0 saturated carbocycles. The standard InChI is InChI=1S/C12H19N3O2S/c1-9-4-2-6-15-11(9)13-14-12(15)10-5-3-7-18(16,17)8-10/h9-10H,2-8H2,1H3. The van der Waals surface area contributed by atoms with Gasteiger partial charge in [-0.05, 0) is 25.7 Å². The van der Waals surface area contributed by atoms with Crippen molar-refractivity contribution in [2.45, 2.75) is 51.0 Å². The second-order valence-electron chi connectivity index (χ2n) is 5.56. The fraction of sp³-hybridized carbons (Fsp3) is 0.833. The Bertz CT molecular complexity index is 550. The van der Waals surface area contributed by atoms with Crippen LogP contribution in [0.15, 0.2) is 0 Å². The summed E-state index contributed by atoms with van der Waals surface area (Å²) in [6, 6.07) is 0. The normalized spacial score (nSPS) is 30.9. The van der Waals surface area contributed by atoms with Gasteiger partial charge in [-0.3, -0.25) is 0 Å². The van der Waals surface area contributed by atoms with E-state index >= 15 is 0 Å². The molecule has 2 unspecified atom stereocenters. The number of hydrogen-bond donors (Lipinski definition) is 0. The minimum Gasteiger partial charge on any atom is -0.315 e. The van der Waals surface area contributed by atoms with Crippen molar-refractivity contribution in [3.8, 4) is 0 Å². The van der Waals surface area contributed by atoms with Crippen molar-refractivity contribution in [3.63, 3.8) is 0 Å². The molecule has 0 radical (unpaired) electrons. The Morgan fingerprint density at radius 3 is 2.72 bits per heavy atom. The van der Waals surface area contributed by atoms with Crippen LogP contribution in [0, 0.1) is 0 Å². The third-order valence-electron chi connectivity index (χ3n) is 4.10. The summed E-state index contributed by atoms with van der Waals surface area (Å²) in [7, 11) is -2.88. The van der Waals surface area contributed by atoms with Crippen molar-refractivity contribution in [2.75, 3.05) is 11.5 Å². The molecule has 1 aromatic rings. The van der Waals surface area contributed by atoms with Crippen molar-refractivity contribution < 1.29 is 8.42 Å². The Morgan fingerprint density at radius 1 is 1.17 bits per heavy atom. The van der Waals surface area contributed by atoms with Gasteiger partial charge in [-0.1, -0.05) is 6.92 Å². The summed E-state index contributed by atoms with van der Waals surface area (Å²) < 4.78 is 25.6. The second kappa shape index (κ2) is 4.33. The largest absolute Gasteiger partial charge is 0.315 e. The van der Waals surface area contributed by atoms with E-state index < -0.39 is 9.84 Å². The van der Waals surface area contributed by atoms with E-state index in [9.17, 15) is 8.42 Å². The highest BCUT2D eigenvalue weighted by atomic mass is 32.2. The van der Waals surface area contributed by atoms with E-state index in [0.29, 0.717) is 11.7 Å². The third-order valence-corrected chi connectivity index (χ3v) is 5.92. The van der Waals surface area contributed by atoms with Gasteiger partial charge in [-0.2, -0.15) is 0 Å². The van der Waals surface area contributed by atoms with Crippen LogP contribution in [0.3, 0.4) is 0 Å². The van der Waals surface area contributed by atoms with E-state index in [-0.39, 0.29) is 11.7 Å². The number of aromatic nitrogens is 3. The molecule has 0 spiro atoms. The Morgan fingerprint density at radius 2 is 1.94 bits per heavy atom. The van der Waals surface area contributed by atoms with Crippen molar-refractivity contribution >= 4 is 9.84 Å². The second-order valence-corrected chi connectivity index (χ2v) is 7.79. The number of hydrogen-bond acceptors (Lipinski definition) is 4. The summed E-state index contributed by atoms with van der Waals surface area (Å²) in [6.07, 6.45) is 3.97. The SMILES string of the molecule is CC1CCCn2c1nnc2C1CCCS(=O)(=O)C1. The topological polar surface area (TPSA) is 64.8 Å². The first-order valence-corrected chi connectivity index (χ1v) is 8.52. The molecule has 2 aliphatic rings. The zero-order valence-corrected chi connectivity index (χ0v) is 11.5. The van der Waals surface area contributed by atoms with Gasteiger partial charge in [0.1, 0.15) is 11.6 Å². The Hall–Kier alpha value is -0.910. The van der Waals surface area contributed by atoms with Crippen molar-refractivity contribution in [3.05, 3.63) is 11.6 Å². The Balaban J connectivity index is 1.93. The number of fused-ring (bicyclic) bond motifs is 1. The first-order valence-electron chi connectivity index (χ1n) is 6.70. The molecule has 0 bridgehead atoms. The van der Waals surface area contributed by atoms with Crippen molar-refractivity contribution in [1.82, 2.24) is 14.8 Å². The van der Waals surface area contributed by atoms with Gasteiger partial charge in [0.15, 0.2) is 9.84 Å². The molecule has 1 fully saturated rings. The summed E-state index contributed by atoms with van der Waals surface area (Å²) in [5.74, 6) is 3.02. The summed E-state index contributed by atoms with van der Waals surface area (Å²) in [4.78, 5) is 0. The van der Waals surface area contributed by atoms with Crippen molar-refractivity contribution in [2.24, 2.45) is 0 Å². The molecule has 6 heteroatoms. The molecule has 100 valence electrons. The van der Waals surface area contributed by atoms with E-state index in [4.69, 9.17) is 0 Å². The summed E-state index contributed by atoms with van der Waals surface area (Å²) >= 11 is 0. The maximum Gasteiger partial charge on any atom is 0.151 e. The molecular weight excluding hydrogens is 250 g/mol. The lowest BCUT2D eigenvalue weighted by molar-refractivity contribution is 0.440. The summed E-state index contributed by atoms with van der Waals surface area (Å²) in [5.41, 5.74) is 0. The van der Waals surface area contributed by atoms with Crippen LogP contribution in [0.25, 0.3) is 0 Å². The predicted molar refractivity (Wildman–Crippen MR) is 68.3 cm³/mol. The van der Waals surface area contributed by atoms with Crippen LogP contribution in [0.4, 0.5) is 0 Å². The highest BCUT2D eigenvalue weighted by Crippen LogP contribution is 2.32. The molecule has 1 aromatic heterocycles. The highest BCUT2D eigenvalue weighted by Gasteiger charge is 2.32. The molecule has 5 nitrogen and oxygen atoms in total. The lowest BCUT2D eigenvalue weighted by Gasteiger charge is -2.25. The van der Waals surface area contributed by atoms with Gasteiger partial charge >= 0.3 is 0 Å². The monoisotopic (exact) mass is 269 g/mol. The third kappa shape index (κ3) is 2.06. The van der Waals surface area contributed by atoms with Crippen LogP contribution < -0.4 is 0 Å². The summed E-state index contributed by atoms with van der Waals surface area (Å²) in [6.45, 7) is 3.11. The zero-order valence-electron chi connectivity index (χ0n) is 10.7. The maximum absolute atomic E-state index is 11.7. The van der Waals surface area contributed by atoms with Gasteiger partial charge in [0.05, 0.1) is 11.5 Å². The fourth-order valence-corrected chi connectivity index (χ4v) is 4.84. The molecule has 18 heavy (non-hydrogen) atoms. The maximum atomic E-state index is 11.7. The van der Waals surface area contributed by atoms with Crippen LogP contribution in [-0.4, -0.2) is 34.7 Å². The van der Waals surface area contributed by atoms with Crippen LogP contribution in [-0.2, 0) is 16.4 Å². The van der Waals surface area contributed by atoms with E-state index in [2.05, 4.69) is 21.7 Å². The average molecular weight is 269 g/mol. The quantitative estimate of drug-likeness (QED) is 0.774. The molecule has 2 atom stereocenters. The Labute approximate surface area is 108 Å². The Kier molecular flexibility index (Phi) is 2.92. The molecule has 3 heterocycles. The van der Waals surface area contributed by atoms with Gasteiger partial charge in [-0.15, -0.1) is 10.2 Å². The molecule has 3 rings (SSSR count). The minimum absolute atomic E-state index is 0.0512. The molecular formula is C12H19N3O2S. The number of nitrogens with zero attached hydrogens (tertiary/aromatic N) is 3. The van der Waals surface area contributed by atoms with Gasteiger partial charge in [-0.25, -0.2) is 8.42 Å². The molecule has 0 N–H and O–H groups in total. The molecule has 0 aliphatic carbocycles. The minimum atomic E-state index is -2.88. The van der Waals surface area contributed by atoms with Gasteiger partial charge < -0.3 is 4.57 Å². The lowest BCUT2D eigenvalue weighted by atomic mass is 9.99. The van der Waals surface area contributed by atoms with Gasteiger partial charge in [0, 0.05) is 18.4 Å². The van der Waals surface area contributed by atoms with Crippen LogP contribution in [0.2, 0.25) is 0 Å². The van der Waals surface area contributed by atoms with E-state index in [1.54, 1.807) is 0 Å². The molecule has 0 aromatic carbocycles. The van der Waals surface area contributed by atoms with E-state index in [1.807, 2.05) is 0 Å². The van der Waals surface area contributed by atoms with Gasteiger partial charge in [0.25, 0.3) is 0 Å². The van der Waals surface area contributed by atoms with E-state index in [0.717, 1.165) is 43.9 Å². The zero-order chi connectivity index (χ0) is 12.8. The smallest absolute Gasteiger partial charge is 0.151 e. The summed E-state index contributed by atoms with van der Waals surface area (Å²) in [5, 5.41) is 8.56. The highest BCUT2D eigenvalue weighted by molar-refractivity contribution is 7.91. The molecule has 2 aliphatic heterocycles. The molecule has 0 amide bonds. The fourth-order valence-electron chi connectivity index (χ4n) is 3.13. The number of rotatable bonds is 1. The van der Waals surface area contributed by atoms with Crippen LogP contribution >= 0.6 is 0 Å². The first kappa shape index (κ1) is 12.1.